The number of hydrogen-bond acceptors (Lipinski definition) is 7. The summed E-state index contributed by atoms with van der Waals surface area (Å²) in [4.78, 5) is 27.6. The number of hydrogen-bond donors (Lipinski definition) is 0. The number of piperazine rings is 1. The van der Waals surface area contributed by atoms with E-state index in [0.29, 0.717) is 48.7 Å². The van der Waals surface area contributed by atoms with Crippen LogP contribution in [0, 0.1) is 5.92 Å². The molecule has 0 aromatic carbocycles. The van der Waals surface area contributed by atoms with Gasteiger partial charge in [-0.05, 0) is 49.3 Å². The summed E-state index contributed by atoms with van der Waals surface area (Å²) in [5.41, 5.74) is 1.20. The Morgan fingerprint density at radius 1 is 1.06 bits per heavy atom. The van der Waals surface area contributed by atoms with E-state index in [0.717, 1.165) is 4.88 Å². The SMILES string of the molecule is O=C(C1CCS(=O)(=O)CC1)N1CCN(c2ncc(C3CC3)cn2)CC1c1ccc(Cl)s1. The molecule has 2 aromatic heterocycles. The van der Waals surface area contributed by atoms with Crippen molar-refractivity contribution in [2.24, 2.45) is 5.92 Å². The van der Waals surface area contributed by atoms with Crippen molar-refractivity contribution < 1.29 is 13.2 Å². The van der Waals surface area contributed by atoms with Crippen molar-refractivity contribution in [3.05, 3.63) is 39.3 Å². The van der Waals surface area contributed by atoms with Crippen LogP contribution in [0.3, 0.4) is 0 Å². The van der Waals surface area contributed by atoms with Crippen LogP contribution in [0.25, 0.3) is 0 Å². The van der Waals surface area contributed by atoms with Crippen molar-refractivity contribution in [3.63, 3.8) is 0 Å². The number of carbonyl (C=O) groups is 1. The number of carbonyl (C=O) groups excluding carboxylic acids is 1. The Labute approximate surface area is 191 Å². The third-order valence-corrected chi connectivity index (χ3v) is 9.53. The van der Waals surface area contributed by atoms with E-state index in [2.05, 4.69) is 14.9 Å². The lowest BCUT2D eigenvalue weighted by Gasteiger charge is -2.42. The lowest BCUT2D eigenvalue weighted by atomic mass is 9.98. The van der Waals surface area contributed by atoms with Gasteiger partial charge in [-0.3, -0.25) is 4.79 Å². The number of halogens is 1. The molecule has 1 aliphatic carbocycles. The first-order chi connectivity index (χ1) is 14.9. The maximum absolute atomic E-state index is 13.4. The van der Waals surface area contributed by atoms with Crippen molar-refractivity contribution in [2.45, 2.75) is 37.6 Å². The Kier molecular flexibility index (Phi) is 5.68. The molecule has 1 unspecified atom stereocenters. The molecule has 2 aromatic rings. The molecule has 0 N–H and O–H groups in total. The topological polar surface area (TPSA) is 83.5 Å². The Balaban J connectivity index is 1.35. The van der Waals surface area contributed by atoms with Crippen LogP contribution in [-0.4, -0.2) is 60.3 Å². The van der Waals surface area contributed by atoms with E-state index in [-0.39, 0.29) is 29.4 Å². The van der Waals surface area contributed by atoms with Gasteiger partial charge in [-0.25, -0.2) is 18.4 Å². The van der Waals surface area contributed by atoms with Gasteiger partial charge in [0.15, 0.2) is 0 Å². The minimum absolute atomic E-state index is 0.0501. The highest BCUT2D eigenvalue weighted by atomic mass is 35.5. The molecular formula is C21H25ClN4O3S2. The van der Waals surface area contributed by atoms with Gasteiger partial charge in [0.2, 0.25) is 11.9 Å². The van der Waals surface area contributed by atoms with Crippen molar-refractivity contribution in [1.29, 1.82) is 0 Å². The average Bonchev–Trinajstić information content (AvgIpc) is 3.53. The molecule has 0 spiro atoms. The molecule has 166 valence electrons. The molecule has 1 saturated carbocycles. The van der Waals surface area contributed by atoms with Crippen molar-refractivity contribution in [3.8, 4) is 0 Å². The summed E-state index contributed by atoms with van der Waals surface area (Å²) in [6.45, 7) is 1.79. The highest BCUT2D eigenvalue weighted by Crippen LogP contribution is 2.40. The molecule has 3 fully saturated rings. The standard InChI is InChI=1S/C21H25ClN4O3S2/c22-19-4-3-18(30-19)17-13-25(21-23-11-16(12-24-21)14-1-2-14)7-8-26(17)20(27)15-5-9-31(28,29)10-6-15/h3-4,11-12,14-15,17H,1-2,5-10,13H2. The maximum atomic E-state index is 13.4. The number of rotatable bonds is 4. The molecule has 7 nitrogen and oxygen atoms in total. The lowest BCUT2D eigenvalue weighted by Crippen LogP contribution is -2.53. The Hall–Kier alpha value is -1.71. The van der Waals surface area contributed by atoms with E-state index >= 15 is 0 Å². The summed E-state index contributed by atoms with van der Waals surface area (Å²) in [6, 6.07) is 3.69. The minimum atomic E-state index is -3.00. The summed E-state index contributed by atoms with van der Waals surface area (Å²) in [5.74, 6) is 1.31. The van der Waals surface area contributed by atoms with E-state index in [1.807, 2.05) is 29.4 Å². The van der Waals surface area contributed by atoms with Crippen LogP contribution in [0.4, 0.5) is 5.95 Å². The van der Waals surface area contributed by atoms with Gasteiger partial charge in [-0.1, -0.05) is 11.6 Å². The van der Waals surface area contributed by atoms with E-state index < -0.39 is 9.84 Å². The van der Waals surface area contributed by atoms with Crippen LogP contribution in [0.2, 0.25) is 4.34 Å². The van der Waals surface area contributed by atoms with Gasteiger partial charge in [0.1, 0.15) is 9.84 Å². The summed E-state index contributed by atoms with van der Waals surface area (Å²) in [6.07, 6.45) is 7.10. The van der Waals surface area contributed by atoms with E-state index in [9.17, 15) is 13.2 Å². The molecule has 1 atom stereocenters. The molecule has 0 radical (unpaired) electrons. The van der Waals surface area contributed by atoms with Gasteiger partial charge in [0.05, 0.1) is 21.9 Å². The minimum Gasteiger partial charge on any atom is -0.337 e. The molecule has 2 aliphatic heterocycles. The van der Waals surface area contributed by atoms with Crippen molar-refractivity contribution in [1.82, 2.24) is 14.9 Å². The number of nitrogens with zero attached hydrogens (tertiary/aromatic N) is 4. The molecular weight excluding hydrogens is 456 g/mol. The highest BCUT2D eigenvalue weighted by molar-refractivity contribution is 7.91. The predicted molar refractivity (Wildman–Crippen MR) is 121 cm³/mol. The Bertz CT molecular complexity index is 1050. The Morgan fingerprint density at radius 2 is 1.77 bits per heavy atom. The second kappa shape index (κ2) is 8.33. The Morgan fingerprint density at radius 3 is 2.39 bits per heavy atom. The molecule has 2 saturated heterocycles. The number of aromatic nitrogens is 2. The third kappa shape index (κ3) is 4.59. The molecule has 5 rings (SSSR count). The number of sulfone groups is 1. The maximum Gasteiger partial charge on any atom is 0.226 e. The monoisotopic (exact) mass is 480 g/mol. The zero-order chi connectivity index (χ0) is 21.6. The first-order valence-electron chi connectivity index (χ1n) is 10.7. The number of amides is 1. The van der Waals surface area contributed by atoms with Gasteiger partial charge in [0.25, 0.3) is 0 Å². The highest BCUT2D eigenvalue weighted by Gasteiger charge is 2.38. The quantitative estimate of drug-likeness (QED) is 0.667. The van der Waals surface area contributed by atoms with Crippen LogP contribution >= 0.6 is 22.9 Å². The lowest BCUT2D eigenvalue weighted by molar-refractivity contribution is -0.138. The third-order valence-electron chi connectivity index (χ3n) is 6.48. The molecule has 0 bridgehead atoms. The van der Waals surface area contributed by atoms with Crippen molar-refractivity contribution >= 4 is 44.6 Å². The number of anilines is 1. The van der Waals surface area contributed by atoms with Crippen LogP contribution < -0.4 is 4.90 Å². The van der Waals surface area contributed by atoms with E-state index in [1.165, 1.54) is 29.7 Å². The second-order valence-electron chi connectivity index (χ2n) is 8.65. The molecule has 31 heavy (non-hydrogen) atoms. The van der Waals surface area contributed by atoms with Crippen LogP contribution in [0.15, 0.2) is 24.5 Å². The molecule has 1 amide bonds. The van der Waals surface area contributed by atoms with Gasteiger partial charge in [-0.2, -0.15) is 0 Å². The van der Waals surface area contributed by atoms with Crippen LogP contribution in [-0.2, 0) is 14.6 Å². The summed E-state index contributed by atoms with van der Waals surface area (Å²) in [7, 11) is -3.00. The summed E-state index contributed by atoms with van der Waals surface area (Å²) < 4.78 is 24.3. The van der Waals surface area contributed by atoms with Gasteiger partial charge in [-0.15, -0.1) is 11.3 Å². The summed E-state index contributed by atoms with van der Waals surface area (Å²) >= 11 is 7.69. The first-order valence-corrected chi connectivity index (χ1v) is 13.7. The fourth-order valence-corrected chi connectivity index (χ4v) is 7.13. The smallest absolute Gasteiger partial charge is 0.226 e. The normalized spacial score (nSPS) is 24.4. The van der Waals surface area contributed by atoms with Gasteiger partial charge in [0, 0.05) is 42.8 Å². The molecule has 10 heteroatoms. The molecule has 4 heterocycles. The average molecular weight is 481 g/mol. The summed E-state index contributed by atoms with van der Waals surface area (Å²) in [5, 5.41) is 0. The van der Waals surface area contributed by atoms with E-state index in [4.69, 9.17) is 11.6 Å². The second-order valence-corrected chi connectivity index (χ2v) is 12.7. The zero-order valence-corrected chi connectivity index (χ0v) is 19.5. The predicted octanol–water partition coefficient (Wildman–Crippen LogP) is 3.28. The van der Waals surface area contributed by atoms with Crippen LogP contribution in [0.1, 0.15) is 48.1 Å². The van der Waals surface area contributed by atoms with E-state index in [1.54, 1.807) is 0 Å². The fraction of sp³-hybridized carbons (Fsp3) is 0.571. The van der Waals surface area contributed by atoms with Crippen LogP contribution in [0.5, 0.6) is 0 Å². The van der Waals surface area contributed by atoms with Crippen molar-refractivity contribution in [2.75, 3.05) is 36.0 Å². The largest absolute Gasteiger partial charge is 0.337 e. The fourth-order valence-electron chi connectivity index (χ4n) is 4.47. The molecule has 3 aliphatic rings. The van der Waals surface area contributed by atoms with Gasteiger partial charge < -0.3 is 9.80 Å². The first kappa shape index (κ1) is 21.2. The number of thiophene rings is 1. The zero-order valence-electron chi connectivity index (χ0n) is 17.1. The van der Waals surface area contributed by atoms with Gasteiger partial charge >= 0.3 is 0 Å².